The molecular formula is C23H34N2O3. The van der Waals surface area contributed by atoms with E-state index in [1.54, 1.807) is 20.3 Å². The van der Waals surface area contributed by atoms with Crippen LogP contribution in [0.5, 0.6) is 11.5 Å². The number of hydrogen-bond acceptors (Lipinski definition) is 4. The molecule has 2 aliphatic heterocycles. The number of rotatable bonds is 6. The van der Waals surface area contributed by atoms with Crippen molar-refractivity contribution in [3.8, 4) is 11.5 Å². The molecule has 2 heterocycles. The Bertz CT molecular complexity index is 680. The van der Waals surface area contributed by atoms with Gasteiger partial charge in [-0.3, -0.25) is 4.79 Å². The Hall–Kier alpha value is -2.01. The van der Waals surface area contributed by atoms with Gasteiger partial charge in [0.2, 0.25) is 5.91 Å². The highest BCUT2D eigenvalue weighted by molar-refractivity contribution is 5.92. The molecular weight excluding hydrogens is 352 g/mol. The fraction of sp³-hybridized carbons (Fsp3) is 0.609. The number of carbonyl (C=O) groups excluding carboxylic acids is 1. The standard InChI is InChI=1S/C23H34N2O3/c1-18-11-14-24(15-12-18)16-19-6-5-13-25(17-19)22(26)10-9-20-7-4-8-21(27-2)23(20)28-3/h4,7-10,18-19H,5-6,11-17H2,1-3H3. The summed E-state index contributed by atoms with van der Waals surface area (Å²) in [6.07, 6.45) is 8.43. The third-order valence-electron chi connectivity index (χ3n) is 6.06. The smallest absolute Gasteiger partial charge is 0.246 e. The maximum atomic E-state index is 12.8. The first-order valence-corrected chi connectivity index (χ1v) is 10.5. The quantitative estimate of drug-likeness (QED) is 0.700. The first-order chi connectivity index (χ1) is 13.6. The monoisotopic (exact) mass is 386 g/mol. The van der Waals surface area contributed by atoms with Crippen LogP contribution < -0.4 is 9.47 Å². The molecule has 0 radical (unpaired) electrons. The average Bonchev–Trinajstić information content (AvgIpc) is 2.73. The average molecular weight is 387 g/mol. The molecule has 1 unspecified atom stereocenters. The van der Waals surface area contributed by atoms with Crippen LogP contribution in [0.4, 0.5) is 0 Å². The third kappa shape index (κ3) is 5.28. The van der Waals surface area contributed by atoms with E-state index in [0.29, 0.717) is 17.4 Å². The molecule has 0 N–H and O–H groups in total. The van der Waals surface area contributed by atoms with Crippen LogP contribution in [0.25, 0.3) is 6.08 Å². The summed E-state index contributed by atoms with van der Waals surface area (Å²) in [4.78, 5) is 17.4. The van der Waals surface area contributed by atoms with Gasteiger partial charge in [0.05, 0.1) is 14.2 Å². The summed E-state index contributed by atoms with van der Waals surface area (Å²) in [5.74, 6) is 2.86. The summed E-state index contributed by atoms with van der Waals surface area (Å²) in [6, 6.07) is 5.69. The van der Waals surface area contributed by atoms with Crippen LogP contribution in [0.1, 0.15) is 38.2 Å². The van der Waals surface area contributed by atoms with Gasteiger partial charge in [-0.1, -0.05) is 19.1 Å². The van der Waals surface area contributed by atoms with Crippen molar-refractivity contribution in [1.29, 1.82) is 0 Å². The van der Waals surface area contributed by atoms with E-state index < -0.39 is 0 Å². The van der Waals surface area contributed by atoms with Crippen LogP contribution in [0.3, 0.4) is 0 Å². The largest absolute Gasteiger partial charge is 0.493 e. The van der Waals surface area contributed by atoms with E-state index in [4.69, 9.17) is 9.47 Å². The highest BCUT2D eigenvalue weighted by Crippen LogP contribution is 2.31. The summed E-state index contributed by atoms with van der Waals surface area (Å²) in [5.41, 5.74) is 0.853. The maximum absolute atomic E-state index is 12.8. The van der Waals surface area contributed by atoms with E-state index in [2.05, 4.69) is 11.8 Å². The van der Waals surface area contributed by atoms with Crippen LogP contribution in [-0.2, 0) is 4.79 Å². The fourth-order valence-corrected chi connectivity index (χ4v) is 4.33. The van der Waals surface area contributed by atoms with E-state index in [1.807, 2.05) is 29.2 Å². The fourth-order valence-electron chi connectivity index (χ4n) is 4.33. The van der Waals surface area contributed by atoms with Crippen LogP contribution in [0.2, 0.25) is 0 Å². The molecule has 2 saturated heterocycles. The molecule has 2 aliphatic rings. The number of hydrogen-bond donors (Lipinski definition) is 0. The minimum atomic E-state index is 0.0850. The highest BCUT2D eigenvalue weighted by atomic mass is 16.5. The van der Waals surface area contributed by atoms with E-state index >= 15 is 0 Å². The van der Waals surface area contributed by atoms with Crippen molar-refractivity contribution in [2.75, 3.05) is 46.9 Å². The molecule has 3 rings (SSSR count). The lowest BCUT2D eigenvalue weighted by Gasteiger charge is -2.37. The SMILES string of the molecule is COc1cccc(C=CC(=O)N2CCCC(CN3CCC(C)CC3)C2)c1OC. The molecule has 1 aromatic rings. The second kappa shape index (κ2) is 9.97. The van der Waals surface area contributed by atoms with Crippen molar-refractivity contribution in [1.82, 2.24) is 9.80 Å². The third-order valence-corrected chi connectivity index (χ3v) is 6.06. The summed E-state index contributed by atoms with van der Waals surface area (Å²) in [6.45, 7) is 7.62. The van der Waals surface area contributed by atoms with Gasteiger partial charge in [-0.25, -0.2) is 0 Å². The number of carbonyl (C=O) groups is 1. The van der Waals surface area contributed by atoms with Crippen molar-refractivity contribution in [2.24, 2.45) is 11.8 Å². The first kappa shape index (κ1) is 20.7. The molecule has 2 fully saturated rings. The number of ether oxygens (including phenoxy) is 2. The van der Waals surface area contributed by atoms with Gasteiger partial charge in [0.15, 0.2) is 11.5 Å². The molecule has 0 spiro atoms. The van der Waals surface area contributed by atoms with Crippen molar-refractivity contribution in [2.45, 2.75) is 32.6 Å². The number of methoxy groups -OCH3 is 2. The summed E-state index contributed by atoms with van der Waals surface area (Å²) in [7, 11) is 3.24. The van der Waals surface area contributed by atoms with E-state index in [-0.39, 0.29) is 5.91 Å². The van der Waals surface area contributed by atoms with Crippen molar-refractivity contribution < 1.29 is 14.3 Å². The Kier molecular flexibility index (Phi) is 7.37. The lowest BCUT2D eigenvalue weighted by molar-refractivity contribution is -0.127. The van der Waals surface area contributed by atoms with Crippen LogP contribution in [0.15, 0.2) is 24.3 Å². The van der Waals surface area contributed by atoms with Crippen molar-refractivity contribution in [3.63, 3.8) is 0 Å². The minimum Gasteiger partial charge on any atom is -0.493 e. The normalized spacial score (nSPS) is 21.8. The van der Waals surface area contributed by atoms with Gasteiger partial charge in [0, 0.05) is 31.3 Å². The highest BCUT2D eigenvalue weighted by Gasteiger charge is 2.25. The number of nitrogens with zero attached hydrogens (tertiary/aromatic N) is 2. The molecule has 0 bridgehead atoms. The zero-order valence-corrected chi connectivity index (χ0v) is 17.5. The summed E-state index contributed by atoms with van der Waals surface area (Å²) < 4.78 is 10.8. The number of amides is 1. The molecule has 0 aromatic heterocycles. The Balaban J connectivity index is 1.57. The number of piperidine rings is 2. The van der Waals surface area contributed by atoms with Crippen molar-refractivity contribution in [3.05, 3.63) is 29.8 Å². The van der Waals surface area contributed by atoms with Crippen LogP contribution in [0, 0.1) is 11.8 Å². The van der Waals surface area contributed by atoms with Gasteiger partial charge in [-0.15, -0.1) is 0 Å². The van der Waals surface area contributed by atoms with Gasteiger partial charge in [-0.05, 0) is 62.8 Å². The zero-order valence-electron chi connectivity index (χ0n) is 17.5. The van der Waals surface area contributed by atoms with Gasteiger partial charge in [0.1, 0.15) is 0 Å². The van der Waals surface area contributed by atoms with E-state index in [1.165, 1.54) is 32.4 Å². The van der Waals surface area contributed by atoms with Crippen molar-refractivity contribution >= 4 is 12.0 Å². The van der Waals surface area contributed by atoms with Gasteiger partial charge >= 0.3 is 0 Å². The van der Waals surface area contributed by atoms with Gasteiger partial charge < -0.3 is 19.3 Å². The minimum absolute atomic E-state index is 0.0850. The lowest BCUT2D eigenvalue weighted by atomic mass is 9.94. The second-order valence-electron chi connectivity index (χ2n) is 8.19. The Morgan fingerprint density at radius 3 is 2.64 bits per heavy atom. The molecule has 1 aromatic carbocycles. The molecule has 0 aliphatic carbocycles. The number of likely N-dealkylation sites (tertiary alicyclic amines) is 2. The Morgan fingerprint density at radius 1 is 1.14 bits per heavy atom. The number of para-hydroxylation sites is 1. The second-order valence-corrected chi connectivity index (χ2v) is 8.19. The molecule has 5 heteroatoms. The topological polar surface area (TPSA) is 42.0 Å². The lowest BCUT2D eigenvalue weighted by Crippen LogP contribution is -2.44. The number of benzene rings is 1. The predicted molar refractivity (Wildman–Crippen MR) is 113 cm³/mol. The molecule has 1 atom stereocenters. The summed E-state index contributed by atoms with van der Waals surface area (Å²) >= 11 is 0. The predicted octanol–water partition coefficient (Wildman–Crippen LogP) is 3.69. The molecule has 154 valence electrons. The van der Waals surface area contributed by atoms with E-state index in [9.17, 15) is 4.79 Å². The maximum Gasteiger partial charge on any atom is 0.246 e. The molecule has 0 saturated carbocycles. The van der Waals surface area contributed by atoms with Gasteiger partial charge in [0.25, 0.3) is 0 Å². The molecule has 5 nitrogen and oxygen atoms in total. The Labute approximate surface area is 169 Å². The zero-order chi connectivity index (χ0) is 19.9. The van der Waals surface area contributed by atoms with Gasteiger partial charge in [-0.2, -0.15) is 0 Å². The van der Waals surface area contributed by atoms with E-state index in [0.717, 1.165) is 37.5 Å². The van der Waals surface area contributed by atoms with Crippen LogP contribution in [-0.4, -0.2) is 62.7 Å². The first-order valence-electron chi connectivity index (χ1n) is 10.5. The molecule has 28 heavy (non-hydrogen) atoms. The van der Waals surface area contributed by atoms with Crippen LogP contribution >= 0.6 is 0 Å². The summed E-state index contributed by atoms with van der Waals surface area (Å²) in [5, 5.41) is 0. The Morgan fingerprint density at radius 2 is 1.93 bits per heavy atom. The molecule has 1 amide bonds.